The number of rotatable bonds is 3. The second kappa shape index (κ2) is 9.19. The Morgan fingerprint density at radius 3 is 2.09 bits per heavy atom. The lowest BCUT2D eigenvalue weighted by atomic mass is 9.49. The molecule has 8 rings (SSSR count). The number of fused-ring (bicyclic) bond motifs is 6. The van der Waals surface area contributed by atoms with E-state index in [2.05, 4.69) is 57.2 Å². The van der Waals surface area contributed by atoms with Crippen LogP contribution in [0, 0.1) is 0 Å². The summed E-state index contributed by atoms with van der Waals surface area (Å²) in [6.45, 7) is 14.4. The number of hydrogen-bond acceptors (Lipinski definition) is 5. The Morgan fingerprint density at radius 2 is 1.36 bits per heavy atom. The molecule has 1 unspecified atom stereocenters. The van der Waals surface area contributed by atoms with E-state index < -0.39 is 36.4 Å². The maximum atomic E-state index is 7.24. The van der Waals surface area contributed by atoms with Crippen molar-refractivity contribution in [3.63, 3.8) is 0 Å². The Hall–Kier alpha value is -2.22. The van der Waals surface area contributed by atoms with Gasteiger partial charge in [-0.3, -0.25) is 0 Å². The molecule has 0 radical (unpaired) electrons. The first kappa shape index (κ1) is 29.2. The predicted molar refractivity (Wildman–Crippen MR) is 181 cm³/mol. The summed E-state index contributed by atoms with van der Waals surface area (Å²) in [5, 5.41) is 5.55. The Labute approximate surface area is 272 Å². The molecule has 44 heavy (non-hydrogen) atoms. The highest BCUT2D eigenvalue weighted by molar-refractivity contribution is 7.11. The first-order valence-electron chi connectivity index (χ1n) is 14.9. The Kier molecular flexibility index (Phi) is 6.10. The summed E-state index contributed by atoms with van der Waals surface area (Å²) in [4.78, 5) is 0. The molecule has 0 N–H and O–H groups in total. The van der Waals surface area contributed by atoms with Gasteiger partial charge in [-0.15, -0.1) is 0 Å². The minimum absolute atomic E-state index is 0.457. The molecule has 1 atom stereocenters. The van der Waals surface area contributed by atoms with Gasteiger partial charge < -0.3 is 23.0 Å². The zero-order chi connectivity index (χ0) is 31.1. The number of halogens is 3. The first-order chi connectivity index (χ1) is 20.6. The molecule has 2 aliphatic heterocycles. The maximum Gasteiger partial charge on any atom is 0.489 e. The van der Waals surface area contributed by atoms with Crippen molar-refractivity contribution in [3.05, 3.63) is 69.2 Å². The van der Waals surface area contributed by atoms with Gasteiger partial charge in [0.15, 0.2) is 5.58 Å². The minimum atomic E-state index is -0.656. The van der Waals surface area contributed by atoms with Crippen LogP contribution in [0.3, 0.4) is 0 Å². The summed E-state index contributed by atoms with van der Waals surface area (Å²) < 4.78 is 32.1. The van der Waals surface area contributed by atoms with E-state index in [9.17, 15) is 0 Å². The van der Waals surface area contributed by atoms with Crippen LogP contribution in [-0.4, -0.2) is 36.4 Å². The van der Waals surface area contributed by atoms with Gasteiger partial charge in [0.2, 0.25) is 0 Å². The van der Waals surface area contributed by atoms with Crippen LogP contribution in [0.4, 0.5) is 0 Å². The van der Waals surface area contributed by atoms with Crippen molar-refractivity contribution in [2.24, 2.45) is 0 Å². The van der Waals surface area contributed by atoms with Crippen molar-refractivity contribution >= 4 is 81.5 Å². The molecule has 5 aromatic rings. The highest BCUT2D eigenvalue weighted by Gasteiger charge is 2.64. The summed E-state index contributed by atoms with van der Waals surface area (Å²) >= 11 is 20.1. The van der Waals surface area contributed by atoms with E-state index >= 15 is 0 Å². The predicted octanol–water partition coefficient (Wildman–Crippen LogP) is 10.1. The van der Waals surface area contributed by atoms with E-state index in [0.717, 1.165) is 44.0 Å². The molecular weight excluding hydrogens is 616 g/mol. The van der Waals surface area contributed by atoms with Gasteiger partial charge in [-0.25, -0.2) is 0 Å². The van der Waals surface area contributed by atoms with Crippen LogP contribution in [0.1, 0.15) is 54.0 Å². The smallest absolute Gasteiger partial charge is 0.454 e. The highest BCUT2D eigenvalue weighted by Crippen LogP contribution is 2.55. The Balaban J connectivity index is 1.22. The van der Waals surface area contributed by atoms with Crippen LogP contribution < -0.4 is 0 Å². The molecule has 3 aliphatic rings. The van der Waals surface area contributed by atoms with Crippen molar-refractivity contribution in [3.8, 4) is 22.3 Å². The van der Waals surface area contributed by atoms with Crippen molar-refractivity contribution < 1.29 is 23.0 Å². The molecule has 0 bridgehead atoms. The molecule has 0 spiro atoms. The van der Waals surface area contributed by atoms with Crippen molar-refractivity contribution in [1.82, 2.24) is 0 Å². The lowest BCUT2D eigenvalue weighted by Gasteiger charge is -2.36. The number of benzene rings is 4. The summed E-state index contributed by atoms with van der Waals surface area (Å²) in [5.74, 6) is 0. The number of furan rings is 1. The first-order valence-corrected chi connectivity index (χ1v) is 16.0. The fraction of sp³-hybridized carbons (Fsp3) is 0.353. The second-order valence-electron chi connectivity index (χ2n) is 14.0. The Bertz CT molecular complexity index is 2050. The molecular formula is C34H31B2Cl3O5. The summed E-state index contributed by atoms with van der Waals surface area (Å²) in [5.41, 5.74) is 4.37. The molecule has 3 heterocycles. The molecule has 0 amide bonds. The van der Waals surface area contributed by atoms with Gasteiger partial charge in [-0.1, -0.05) is 65.1 Å². The van der Waals surface area contributed by atoms with Crippen LogP contribution in [0.5, 0.6) is 0 Å². The quantitative estimate of drug-likeness (QED) is 0.179. The van der Waals surface area contributed by atoms with Crippen LogP contribution in [-0.2, 0) is 25.0 Å². The van der Waals surface area contributed by atoms with E-state index in [1.807, 2.05) is 33.8 Å². The summed E-state index contributed by atoms with van der Waals surface area (Å²) in [6, 6.07) is 16.5. The van der Waals surface area contributed by atoms with E-state index in [4.69, 9.17) is 57.8 Å². The SMILES string of the molecule is CC1(C)OB(B2OC(C)(C)C(C)(Cc3cc4c5c(cccc5c3)-c3c-4cc4oc5c(Cl)cc(Cl)cc5c4c3Cl)O2)OC1(C)C. The number of hydrogen-bond donors (Lipinski definition) is 0. The zero-order valence-corrected chi connectivity index (χ0v) is 27.9. The van der Waals surface area contributed by atoms with Crippen molar-refractivity contribution in [2.45, 2.75) is 77.3 Å². The molecule has 0 saturated carbocycles. The third-order valence-corrected chi connectivity index (χ3v) is 11.3. The van der Waals surface area contributed by atoms with Crippen LogP contribution in [0.25, 0.3) is 55.0 Å². The average molecular weight is 648 g/mol. The van der Waals surface area contributed by atoms with Gasteiger partial charge in [-0.2, -0.15) is 0 Å². The van der Waals surface area contributed by atoms with Gasteiger partial charge in [0.1, 0.15) is 5.58 Å². The van der Waals surface area contributed by atoms with E-state index in [1.54, 1.807) is 6.07 Å². The fourth-order valence-corrected chi connectivity index (χ4v) is 7.93. The van der Waals surface area contributed by atoms with Gasteiger partial charge in [-0.05, 0) is 99.7 Å². The maximum absolute atomic E-state index is 7.24. The van der Waals surface area contributed by atoms with E-state index in [-0.39, 0.29) is 0 Å². The van der Waals surface area contributed by atoms with Gasteiger partial charge in [0, 0.05) is 27.8 Å². The van der Waals surface area contributed by atoms with Crippen LogP contribution in [0.2, 0.25) is 15.1 Å². The van der Waals surface area contributed by atoms with E-state index in [1.165, 1.54) is 5.39 Å². The lowest BCUT2D eigenvalue weighted by Crippen LogP contribution is -2.46. The molecule has 1 aromatic heterocycles. The summed E-state index contributed by atoms with van der Waals surface area (Å²) in [6.07, 6.45) is 0.618. The molecule has 5 nitrogen and oxygen atoms in total. The van der Waals surface area contributed by atoms with Crippen LogP contribution >= 0.6 is 34.8 Å². The van der Waals surface area contributed by atoms with Crippen molar-refractivity contribution in [2.75, 3.05) is 0 Å². The topological polar surface area (TPSA) is 50.1 Å². The zero-order valence-electron chi connectivity index (χ0n) is 25.7. The van der Waals surface area contributed by atoms with Gasteiger partial charge in [0.05, 0.1) is 32.4 Å². The summed E-state index contributed by atoms with van der Waals surface area (Å²) in [7, 11) is -1.28. The fourth-order valence-electron chi connectivity index (χ4n) is 7.00. The van der Waals surface area contributed by atoms with Crippen LogP contribution in [0.15, 0.2) is 52.9 Å². The third-order valence-electron chi connectivity index (χ3n) is 10.4. The largest absolute Gasteiger partial charge is 0.489 e. The standard InChI is InChI=1S/C34H31B2Cl3O5/c1-31(2)32(3,4)42-35(41-31)36-43-33(5,6)34(7,44-36)16-17-11-18-9-8-10-20-26(18)21(12-17)22-15-25-28(29(39)27(20)22)23-13-19(37)14-24(38)30(23)40-25/h8-15H,16H2,1-7H3. The molecule has 10 heteroatoms. The normalized spacial score (nSPS) is 23.0. The molecule has 2 saturated heterocycles. The van der Waals surface area contributed by atoms with Gasteiger partial charge in [0.25, 0.3) is 0 Å². The average Bonchev–Trinajstić information content (AvgIpc) is 3.58. The van der Waals surface area contributed by atoms with Gasteiger partial charge >= 0.3 is 14.0 Å². The minimum Gasteiger partial charge on any atom is -0.454 e. The lowest BCUT2D eigenvalue weighted by molar-refractivity contribution is -0.00874. The highest BCUT2D eigenvalue weighted by atomic mass is 35.5. The van der Waals surface area contributed by atoms with E-state index in [0.29, 0.717) is 32.7 Å². The molecule has 224 valence electrons. The molecule has 1 aliphatic carbocycles. The second-order valence-corrected chi connectivity index (χ2v) is 15.3. The molecule has 2 fully saturated rings. The molecule has 4 aromatic carbocycles. The van der Waals surface area contributed by atoms with Crippen molar-refractivity contribution in [1.29, 1.82) is 0 Å². The Morgan fingerprint density at radius 1 is 0.682 bits per heavy atom. The monoisotopic (exact) mass is 646 g/mol. The third kappa shape index (κ3) is 3.97.